The maximum Gasteiger partial charge on any atom is 0.336 e. The fourth-order valence-corrected chi connectivity index (χ4v) is 0.590. The third-order valence-corrected chi connectivity index (χ3v) is 1.09. The van der Waals surface area contributed by atoms with Crippen molar-refractivity contribution in [1.82, 2.24) is 4.98 Å². The molecular weight excluding hydrogens is 154 g/mol. The molecule has 0 radical (unpaired) electrons. The van der Waals surface area contributed by atoms with Crippen LogP contribution in [0.15, 0.2) is 12.3 Å². The molecule has 0 unspecified atom stereocenters. The van der Waals surface area contributed by atoms with Gasteiger partial charge in [-0.05, 0) is 0 Å². The van der Waals surface area contributed by atoms with Crippen molar-refractivity contribution in [3.05, 3.63) is 23.6 Å². The van der Waals surface area contributed by atoms with E-state index in [1.54, 1.807) is 0 Å². The standard InChI is InChI=1S/C6H4F2N2O/c7-4-1-5(9)10-2-3(4)6(8)11/h1-2H,(H2,9,10). The number of hydrogen-bond donors (Lipinski definition) is 1. The van der Waals surface area contributed by atoms with Crippen LogP contribution < -0.4 is 5.73 Å². The molecule has 0 aliphatic heterocycles. The van der Waals surface area contributed by atoms with E-state index >= 15 is 0 Å². The molecule has 0 saturated carbocycles. The minimum atomic E-state index is -1.85. The molecular formula is C6H4F2N2O. The number of nitrogen functional groups attached to an aromatic ring is 1. The van der Waals surface area contributed by atoms with Crippen molar-refractivity contribution in [1.29, 1.82) is 0 Å². The van der Waals surface area contributed by atoms with Crippen LogP contribution in [0.2, 0.25) is 0 Å². The summed E-state index contributed by atoms with van der Waals surface area (Å²) in [6, 6.07) is -1.07. The summed E-state index contributed by atoms with van der Waals surface area (Å²) in [5.41, 5.74) is 4.35. The lowest BCUT2D eigenvalue weighted by molar-refractivity contribution is 0.0831. The Bertz CT molecular complexity index is 301. The van der Waals surface area contributed by atoms with Gasteiger partial charge in [-0.15, -0.1) is 0 Å². The Labute approximate surface area is 60.8 Å². The van der Waals surface area contributed by atoms with Gasteiger partial charge in [0, 0.05) is 12.3 Å². The molecule has 0 aromatic carbocycles. The van der Waals surface area contributed by atoms with E-state index in [1.807, 2.05) is 0 Å². The maximum atomic E-state index is 12.5. The number of nitrogens with two attached hydrogens (primary N) is 1. The van der Waals surface area contributed by atoms with E-state index in [0.717, 1.165) is 12.3 Å². The lowest BCUT2D eigenvalue weighted by Gasteiger charge is -1.95. The van der Waals surface area contributed by atoms with Crippen molar-refractivity contribution in [2.45, 2.75) is 0 Å². The molecule has 0 aliphatic carbocycles. The Morgan fingerprint density at radius 2 is 2.27 bits per heavy atom. The number of hydrogen-bond acceptors (Lipinski definition) is 3. The predicted octanol–water partition coefficient (Wildman–Crippen LogP) is 0.913. The van der Waals surface area contributed by atoms with Gasteiger partial charge in [-0.1, -0.05) is 0 Å². The van der Waals surface area contributed by atoms with E-state index in [4.69, 9.17) is 5.73 Å². The molecule has 58 valence electrons. The fraction of sp³-hybridized carbons (Fsp3) is 0. The van der Waals surface area contributed by atoms with E-state index in [1.165, 1.54) is 0 Å². The van der Waals surface area contributed by atoms with Crippen LogP contribution in [-0.2, 0) is 0 Å². The maximum absolute atomic E-state index is 12.5. The number of halogens is 2. The van der Waals surface area contributed by atoms with Gasteiger partial charge >= 0.3 is 6.04 Å². The smallest absolute Gasteiger partial charge is 0.336 e. The first-order valence-corrected chi connectivity index (χ1v) is 2.72. The Kier molecular flexibility index (Phi) is 1.80. The van der Waals surface area contributed by atoms with Crippen LogP contribution in [0.4, 0.5) is 14.6 Å². The summed E-state index contributed by atoms with van der Waals surface area (Å²) in [6.45, 7) is 0. The van der Waals surface area contributed by atoms with Crippen LogP contribution in [0.1, 0.15) is 10.4 Å². The average molecular weight is 158 g/mol. The van der Waals surface area contributed by atoms with Crippen LogP contribution in [0, 0.1) is 5.82 Å². The summed E-state index contributed by atoms with van der Waals surface area (Å²) in [5.74, 6) is -1.09. The molecule has 1 aromatic heterocycles. The normalized spacial score (nSPS) is 9.64. The Balaban J connectivity index is 3.20. The van der Waals surface area contributed by atoms with Gasteiger partial charge in [-0.3, -0.25) is 4.79 Å². The SMILES string of the molecule is Nc1cc(F)c(C(=O)F)cn1. The van der Waals surface area contributed by atoms with Crippen LogP contribution in [-0.4, -0.2) is 11.0 Å². The average Bonchev–Trinajstić information content (AvgIpc) is 1.85. The molecule has 11 heavy (non-hydrogen) atoms. The number of carbonyl (C=O) groups is 1. The third-order valence-electron chi connectivity index (χ3n) is 1.09. The van der Waals surface area contributed by atoms with Crippen molar-refractivity contribution in [2.24, 2.45) is 0 Å². The van der Waals surface area contributed by atoms with Gasteiger partial charge in [-0.25, -0.2) is 9.37 Å². The third kappa shape index (κ3) is 1.49. The molecule has 1 aromatic rings. The van der Waals surface area contributed by atoms with Crippen LogP contribution in [0.3, 0.4) is 0 Å². The quantitative estimate of drug-likeness (QED) is 0.618. The lowest BCUT2D eigenvalue weighted by atomic mass is 10.3. The molecule has 5 heteroatoms. The van der Waals surface area contributed by atoms with Gasteiger partial charge in [0.25, 0.3) is 0 Å². The zero-order chi connectivity index (χ0) is 8.43. The molecule has 1 rings (SSSR count). The number of rotatable bonds is 1. The molecule has 0 atom stereocenters. The van der Waals surface area contributed by atoms with Crippen LogP contribution in [0.25, 0.3) is 0 Å². The molecule has 3 nitrogen and oxygen atoms in total. The van der Waals surface area contributed by atoms with Crippen molar-refractivity contribution in [3.63, 3.8) is 0 Å². The van der Waals surface area contributed by atoms with Crippen molar-refractivity contribution >= 4 is 11.9 Å². The molecule has 0 saturated heterocycles. The summed E-state index contributed by atoms with van der Waals surface area (Å²) in [5, 5.41) is 0. The fourth-order valence-electron chi connectivity index (χ4n) is 0.590. The van der Waals surface area contributed by atoms with Gasteiger partial charge in [-0.2, -0.15) is 4.39 Å². The molecule has 0 spiro atoms. The molecule has 2 N–H and O–H groups in total. The molecule has 1 heterocycles. The second-order valence-electron chi connectivity index (χ2n) is 1.86. The number of aromatic nitrogens is 1. The second kappa shape index (κ2) is 2.61. The van der Waals surface area contributed by atoms with E-state index in [2.05, 4.69) is 4.98 Å². The first-order chi connectivity index (χ1) is 5.11. The van der Waals surface area contributed by atoms with E-state index in [0.29, 0.717) is 0 Å². The minimum absolute atomic E-state index is 0.0903. The van der Waals surface area contributed by atoms with Crippen LogP contribution >= 0.6 is 0 Å². The number of pyridine rings is 1. The monoisotopic (exact) mass is 158 g/mol. The highest BCUT2D eigenvalue weighted by Gasteiger charge is 2.10. The van der Waals surface area contributed by atoms with Crippen molar-refractivity contribution in [3.8, 4) is 0 Å². The van der Waals surface area contributed by atoms with Crippen molar-refractivity contribution < 1.29 is 13.6 Å². The highest BCUT2D eigenvalue weighted by atomic mass is 19.1. The largest absolute Gasteiger partial charge is 0.384 e. The predicted molar refractivity (Wildman–Crippen MR) is 34.0 cm³/mol. The van der Waals surface area contributed by atoms with E-state index < -0.39 is 17.4 Å². The summed E-state index contributed by atoms with van der Waals surface area (Å²) >= 11 is 0. The molecule has 0 aliphatic rings. The van der Waals surface area contributed by atoms with E-state index in [-0.39, 0.29) is 5.82 Å². The first-order valence-electron chi connectivity index (χ1n) is 2.72. The zero-order valence-corrected chi connectivity index (χ0v) is 5.34. The number of anilines is 1. The second-order valence-corrected chi connectivity index (χ2v) is 1.86. The van der Waals surface area contributed by atoms with Gasteiger partial charge in [0.1, 0.15) is 17.2 Å². The van der Waals surface area contributed by atoms with Gasteiger partial charge < -0.3 is 5.73 Å². The Morgan fingerprint density at radius 3 is 2.73 bits per heavy atom. The summed E-state index contributed by atoms with van der Waals surface area (Å²) in [4.78, 5) is 13.3. The molecule has 0 amide bonds. The van der Waals surface area contributed by atoms with Gasteiger partial charge in [0.2, 0.25) is 0 Å². The highest BCUT2D eigenvalue weighted by Crippen LogP contribution is 2.09. The van der Waals surface area contributed by atoms with E-state index in [9.17, 15) is 13.6 Å². The molecule has 0 bridgehead atoms. The summed E-state index contributed by atoms with van der Waals surface area (Å²) in [7, 11) is 0. The van der Waals surface area contributed by atoms with Gasteiger partial charge in [0.15, 0.2) is 0 Å². The Morgan fingerprint density at radius 1 is 1.64 bits per heavy atom. The zero-order valence-electron chi connectivity index (χ0n) is 5.34. The molecule has 0 fully saturated rings. The first kappa shape index (κ1) is 7.59. The number of carbonyl (C=O) groups excluding carboxylic acids is 1. The highest BCUT2D eigenvalue weighted by molar-refractivity contribution is 5.88. The minimum Gasteiger partial charge on any atom is -0.384 e. The van der Waals surface area contributed by atoms with Gasteiger partial charge in [0.05, 0.1) is 0 Å². The summed E-state index contributed by atoms with van der Waals surface area (Å²) < 4.78 is 24.4. The van der Waals surface area contributed by atoms with Crippen LogP contribution in [0.5, 0.6) is 0 Å². The number of nitrogens with zero attached hydrogens (tertiary/aromatic N) is 1. The Hall–Kier alpha value is -1.52. The topological polar surface area (TPSA) is 56.0 Å². The van der Waals surface area contributed by atoms with Crippen molar-refractivity contribution in [2.75, 3.05) is 5.73 Å². The summed E-state index contributed by atoms with van der Waals surface area (Å²) in [6.07, 6.45) is 0.757. The lowest BCUT2D eigenvalue weighted by Crippen LogP contribution is -1.99.